The van der Waals surface area contributed by atoms with E-state index in [0.29, 0.717) is 11.4 Å². The SMILES string of the molecule is C=C(c1c(F)cccc1F)C(SCNc1ccc(NCCN(C)C)cc1)C(C)N. The summed E-state index contributed by atoms with van der Waals surface area (Å²) in [7, 11) is 4.08. The highest BCUT2D eigenvalue weighted by molar-refractivity contribution is 8.00. The third-order valence-corrected chi connectivity index (χ3v) is 5.80. The normalized spacial score (nSPS) is 13.2. The lowest BCUT2D eigenvalue weighted by Gasteiger charge is -2.24. The number of nitrogens with zero attached hydrogens (tertiary/aromatic N) is 1. The van der Waals surface area contributed by atoms with Gasteiger partial charge in [0, 0.05) is 41.3 Å². The molecule has 4 N–H and O–H groups in total. The maximum Gasteiger partial charge on any atom is 0.133 e. The van der Waals surface area contributed by atoms with Crippen LogP contribution in [0.1, 0.15) is 12.5 Å². The van der Waals surface area contributed by atoms with Crippen molar-refractivity contribution in [3.63, 3.8) is 0 Å². The van der Waals surface area contributed by atoms with E-state index in [1.165, 1.54) is 30.0 Å². The Kier molecular flexibility index (Phi) is 8.95. The molecule has 0 saturated heterocycles. The van der Waals surface area contributed by atoms with Crippen molar-refractivity contribution in [1.29, 1.82) is 0 Å². The van der Waals surface area contributed by atoms with Gasteiger partial charge in [0.05, 0.1) is 5.88 Å². The van der Waals surface area contributed by atoms with Crippen LogP contribution in [-0.2, 0) is 0 Å². The predicted octanol–water partition coefficient (Wildman–Crippen LogP) is 4.47. The molecule has 0 fully saturated rings. The molecule has 0 bridgehead atoms. The van der Waals surface area contributed by atoms with Crippen molar-refractivity contribution in [2.24, 2.45) is 5.73 Å². The zero-order chi connectivity index (χ0) is 21.4. The van der Waals surface area contributed by atoms with E-state index in [-0.39, 0.29) is 16.9 Å². The lowest BCUT2D eigenvalue weighted by Crippen LogP contribution is -2.31. The van der Waals surface area contributed by atoms with E-state index in [1.807, 2.05) is 45.3 Å². The van der Waals surface area contributed by atoms with Gasteiger partial charge in [0.2, 0.25) is 0 Å². The van der Waals surface area contributed by atoms with Gasteiger partial charge >= 0.3 is 0 Å². The topological polar surface area (TPSA) is 53.3 Å². The number of hydrogen-bond acceptors (Lipinski definition) is 5. The summed E-state index contributed by atoms with van der Waals surface area (Å²) >= 11 is 1.48. The Labute approximate surface area is 176 Å². The Morgan fingerprint density at radius 2 is 1.62 bits per heavy atom. The Morgan fingerprint density at radius 1 is 1.07 bits per heavy atom. The van der Waals surface area contributed by atoms with Crippen molar-refractivity contribution >= 4 is 28.7 Å². The van der Waals surface area contributed by atoms with E-state index in [4.69, 9.17) is 5.73 Å². The summed E-state index contributed by atoms with van der Waals surface area (Å²) < 4.78 is 28.2. The van der Waals surface area contributed by atoms with Gasteiger partial charge in [-0.25, -0.2) is 8.78 Å². The second-order valence-electron chi connectivity index (χ2n) is 7.20. The molecule has 2 atom stereocenters. The highest BCUT2D eigenvalue weighted by atomic mass is 32.2. The van der Waals surface area contributed by atoms with Gasteiger partial charge in [-0.05, 0) is 63.0 Å². The summed E-state index contributed by atoms with van der Waals surface area (Å²) in [5, 5.41) is 6.35. The molecular formula is C22H30F2N4S. The molecule has 2 unspecified atom stereocenters. The highest BCUT2D eigenvalue weighted by Gasteiger charge is 2.23. The summed E-state index contributed by atoms with van der Waals surface area (Å²) in [5.41, 5.74) is 8.37. The molecule has 7 heteroatoms. The number of benzene rings is 2. The summed E-state index contributed by atoms with van der Waals surface area (Å²) in [4.78, 5) is 2.12. The number of hydrogen-bond donors (Lipinski definition) is 3. The zero-order valence-electron chi connectivity index (χ0n) is 17.2. The largest absolute Gasteiger partial charge is 0.384 e. The first-order valence-electron chi connectivity index (χ1n) is 9.52. The van der Waals surface area contributed by atoms with Crippen molar-refractivity contribution in [2.45, 2.75) is 18.2 Å². The first-order valence-corrected chi connectivity index (χ1v) is 10.6. The third-order valence-electron chi connectivity index (χ3n) is 4.42. The van der Waals surface area contributed by atoms with E-state index in [2.05, 4.69) is 22.1 Å². The average molecular weight is 421 g/mol. The summed E-state index contributed by atoms with van der Waals surface area (Å²) in [6.07, 6.45) is 0. The maximum absolute atomic E-state index is 14.1. The van der Waals surface area contributed by atoms with Gasteiger partial charge in [-0.15, -0.1) is 11.8 Å². The van der Waals surface area contributed by atoms with Crippen LogP contribution in [0.15, 0.2) is 49.0 Å². The van der Waals surface area contributed by atoms with Crippen LogP contribution in [-0.4, -0.2) is 49.3 Å². The van der Waals surface area contributed by atoms with Crippen LogP contribution in [0, 0.1) is 11.6 Å². The average Bonchev–Trinajstić information content (AvgIpc) is 2.65. The fourth-order valence-corrected chi connectivity index (χ4v) is 3.91. The van der Waals surface area contributed by atoms with Gasteiger partial charge < -0.3 is 21.3 Å². The second-order valence-corrected chi connectivity index (χ2v) is 8.33. The molecule has 2 aromatic carbocycles. The molecule has 0 radical (unpaired) electrons. The molecule has 0 heterocycles. The number of rotatable bonds is 11. The van der Waals surface area contributed by atoms with Crippen LogP contribution < -0.4 is 16.4 Å². The molecule has 0 amide bonds. The van der Waals surface area contributed by atoms with Crippen LogP contribution >= 0.6 is 11.8 Å². The molecule has 4 nitrogen and oxygen atoms in total. The first kappa shape index (κ1) is 23.2. The van der Waals surface area contributed by atoms with Crippen molar-refractivity contribution in [3.05, 3.63) is 66.2 Å². The minimum Gasteiger partial charge on any atom is -0.384 e. The Bertz CT molecular complexity index is 774. The third kappa shape index (κ3) is 7.03. The second kappa shape index (κ2) is 11.2. The molecule has 0 aliphatic heterocycles. The highest BCUT2D eigenvalue weighted by Crippen LogP contribution is 2.31. The van der Waals surface area contributed by atoms with Gasteiger partial charge in [0.25, 0.3) is 0 Å². The van der Waals surface area contributed by atoms with Crippen molar-refractivity contribution in [2.75, 3.05) is 43.7 Å². The molecule has 0 spiro atoms. The first-order chi connectivity index (χ1) is 13.8. The van der Waals surface area contributed by atoms with Crippen LogP contribution in [0.2, 0.25) is 0 Å². The monoisotopic (exact) mass is 420 g/mol. The fourth-order valence-electron chi connectivity index (χ4n) is 2.86. The van der Waals surface area contributed by atoms with Gasteiger partial charge in [-0.3, -0.25) is 0 Å². The standard InChI is InChI=1S/C22H30F2N4S/c1-15(21-19(23)6-5-7-20(21)24)22(16(2)25)29-14-27-18-10-8-17(9-11-18)26-12-13-28(3)4/h5-11,16,22,26-27H,1,12-14,25H2,2-4H3. The summed E-state index contributed by atoms with van der Waals surface area (Å²) in [5.74, 6) is -0.701. The number of nitrogens with two attached hydrogens (primary N) is 1. The van der Waals surface area contributed by atoms with Gasteiger partial charge in [-0.2, -0.15) is 0 Å². The molecule has 0 aliphatic carbocycles. The van der Waals surface area contributed by atoms with Gasteiger partial charge in [-0.1, -0.05) is 12.6 Å². The van der Waals surface area contributed by atoms with E-state index < -0.39 is 11.6 Å². The van der Waals surface area contributed by atoms with Crippen LogP contribution in [0.25, 0.3) is 5.57 Å². The number of thioether (sulfide) groups is 1. The van der Waals surface area contributed by atoms with Gasteiger partial charge in [0.1, 0.15) is 11.6 Å². The predicted molar refractivity (Wildman–Crippen MR) is 122 cm³/mol. The Morgan fingerprint density at radius 3 is 2.14 bits per heavy atom. The van der Waals surface area contributed by atoms with Gasteiger partial charge in [0.15, 0.2) is 0 Å². The van der Waals surface area contributed by atoms with Crippen LogP contribution in [0.4, 0.5) is 20.2 Å². The Balaban J connectivity index is 1.92. The van der Waals surface area contributed by atoms with E-state index in [0.717, 1.165) is 24.5 Å². The molecule has 0 aliphatic rings. The summed E-state index contributed by atoms with van der Waals surface area (Å²) in [6, 6.07) is 11.5. The van der Waals surface area contributed by atoms with Crippen molar-refractivity contribution in [1.82, 2.24) is 4.90 Å². The quantitative estimate of drug-likeness (QED) is 0.468. The lowest BCUT2D eigenvalue weighted by molar-refractivity contribution is 0.425. The van der Waals surface area contributed by atoms with E-state index in [1.54, 1.807) is 0 Å². The number of likely N-dealkylation sites (N-methyl/N-ethyl adjacent to an activating group) is 1. The number of nitrogens with one attached hydrogen (secondary N) is 2. The molecular weight excluding hydrogens is 390 g/mol. The van der Waals surface area contributed by atoms with Crippen molar-refractivity contribution in [3.8, 4) is 0 Å². The molecule has 29 heavy (non-hydrogen) atoms. The fraction of sp³-hybridized carbons (Fsp3) is 0.364. The molecule has 158 valence electrons. The van der Waals surface area contributed by atoms with Crippen LogP contribution in [0.5, 0.6) is 0 Å². The minimum absolute atomic E-state index is 0.0875. The molecule has 0 aromatic heterocycles. The number of anilines is 2. The summed E-state index contributed by atoms with van der Waals surface area (Å²) in [6.45, 7) is 7.58. The smallest absolute Gasteiger partial charge is 0.133 e. The zero-order valence-corrected chi connectivity index (χ0v) is 18.0. The van der Waals surface area contributed by atoms with Crippen molar-refractivity contribution < 1.29 is 8.78 Å². The van der Waals surface area contributed by atoms with E-state index >= 15 is 0 Å². The van der Waals surface area contributed by atoms with Crippen LogP contribution in [0.3, 0.4) is 0 Å². The number of halogens is 2. The molecule has 2 rings (SSSR count). The Hall–Kier alpha value is -2.09. The molecule has 0 saturated carbocycles. The maximum atomic E-state index is 14.1. The molecule has 2 aromatic rings. The lowest BCUT2D eigenvalue weighted by atomic mass is 9.99. The van der Waals surface area contributed by atoms with E-state index in [9.17, 15) is 8.78 Å². The minimum atomic E-state index is -0.619.